The van der Waals surface area contributed by atoms with Crippen molar-refractivity contribution in [2.75, 3.05) is 12.4 Å². The molecule has 0 heterocycles. The summed E-state index contributed by atoms with van der Waals surface area (Å²) in [4.78, 5) is 0. The third kappa shape index (κ3) is 4.90. The van der Waals surface area contributed by atoms with Gasteiger partial charge in [0, 0.05) is 11.8 Å². The number of aryl methyl sites for hydroxylation is 1. The van der Waals surface area contributed by atoms with Gasteiger partial charge in [0.1, 0.15) is 5.75 Å². The molecule has 0 saturated heterocycles. The lowest BCUT2D eigenvalue weighted by Gasteiger charge is -2.10. The van der Waals surface area contributed by atoms with Gasteiger partial charge in [-0.25, -0.2) is 0 Å². The van der Waals surface area contributed by atoms with Crippen LogP contribution in [0, 0.1) is 6.92 Å². The van der Waals surface area contributed by atoms with Crippen molar-refractivity contribution in [2.24, 2.45) is 5.73 Å². The quantitative estimate of drug-likeness (QED) is 0.567. The molecule has 0 aliphatic carbocycles. The molecule has 0 fully saturated rings. The molecule has 0 amide bonds. The summed E-state index contributed by atoms with van der Waals surface area (Å²) in [5.74, 6) is 1.75. The highest BCUT2D eigenvalue weighted by atomic mass is 32.1. The number of benzene rings is 1. The van der Waals surface area contributed by atoms with E-state index >= 15 is 0 Å². The highest BCUT2D eigenvalue weighted by Crippen LogP contribution is 2.16. The summed E-state index contributed by atoms with van der Waals surface area (Å²) in [6.07, 6.45) is 3.18. The highest BCUT2D eigenvalue weighted by molar-refractivity contribution is 7.80. The maximum Gasteiger partial charge on any atom is 0.122 e. The first-order chi connectivity index (χ1) is 7.74. The molecule has 0 radical (unpaired) electrons. The van der Waals surface area contributed by atoms with E-state index in [1.54, 1.807) is 0 Å². The molecule has 0 bridgehead atoms. The summed E-state index contributed by atoms with van der Waals surface area (Å²) in [6.45, 7) is 2.83. The molecule has 0 saturated carbocycles. The van der Waals surface area contributed by atoms with Crippen molar-refractivity contribution < 1.29 is 4.74 Å². The van der Waals surface area contributed by atoms with E-state index in [4.69, 9.17) is 10.5 Å². The molecule has 0 unspecified atom stereocenters. The van der Waals surface area contributed by atoms with Crippen molar-refractivity contribution in [1.29, 1.82) is 0 Å². The van der Waals surface area contributed by atoms with Crippen LogP contribution in [-0.2, 0) is 0 Å². The van der Waals surface area contributed by atoms with Crippen LogP contribution in [0.5, 0.6) is 5.75 Å². The number of nitrogens with two attached hydrogens (primary N) is 1. The van der Waals surface area contributed by atoms with Crippen LogP contribution < -0.4 is 10.5 Å². The minimum atomic E-state index is 0.224. The van der Waals surface area contributed by atoms with Crippen molar-refractivity contribution in [1.82, 2.24) is 0 Å². The van der Waals surface area contributed by atoms with E-state index in [0.29, 0.717) is 0 Å². The zero-order chi connectivity index (χ0) is 11.8. The van der Waals surface area contributed by atoms with Crippen LogP contribution in [0.2, 0.25) is 0 Å². The first-order valence-corrected chi connectivity index (χ1v) is 6.42. The van der Waals surface area contributed by atoms with Gasteiger partial charge >= 0.3 is 0 Å². The minimum absolute atomic E-state index is 0.224. The Bertz CT molecular complexity index is 304. The molecular formula is C13H21NOS. The van der Waals surface area contributed by atoms with E-state index < -0.39 is 0 Å². The van der Waals surface area contributed by atoms with Gasteiger partial charge in [-0.1, -0.05) is 18.2 Å². The molecule has 2 N–H and O–H groups in total. The predicted molar refractivity (Wildman–Crippen MR) is 72.4 cm³/mol. The highest BCUT2D eigenvalue weighted by Gasteiger charge is 2.00. The SMILES string of the molecule is Cc1ccccc1OCCCC[C@H](N)CS. The summed E-state index contributed by atoms with van der Waals surface area (Å²) < 4.78 is 5.69. The van der Waals surface area contributed by atoms with E-state index in [0.717, 1.165) is 37.4 Å². The van der Waals surface area contributed by atoms with E-state index in [9.17, 15) is 0 Å². The Kier molecular flexibility index (Phi) is 6.34. The lowest BCUT2D eigenvalue weighted by molar-refractivity contribution is 0.302. The van der Waals surface area contributed by atoms with Gasteiger partial charge in [-0.05, 0) is 37.8 Å². The second-order valence-corrected chi connectivity index (χ2v) is 4.42. The van der Waals surface area contributed by atoms with Crippen LogP contribution in [-0.4, -0.2) is 18.4 Å². The number of unbranched alkanes of at least 4 members (excludes halogenated alkanes) is 1. The molecule has 1 rings (SSSR count). The maximum atomic E-state index is 5.77. The fourth-order valence-corrected chi connectivity index (χ4v) is 1.68. The van der Waals surface area contributed by atoms with E-state index in [-0.39, 0.29) is 6.04 Å². The van der Waals surface area contributed by atoms with E-state index in [1.807, 2.05) is 18.2 Å². The third-order valence-corrected chi connectivity index (χ3v) is 3.02. The van der Waals surface area contributed by atoms with E-state index in [2.05, 4.69) is 25.6 Å². The van der Waals surface area contributed by atoms with Crippen molar-refractivity contribution in [2.45, 2.75) is 32.2 Å². The zero-order valence-corrected chi connectivity index (χ0v) is 10.7. The summed E-state index contributed by atoms with van der Waals surface area (Å²) >= 11 is 4.15. The lowest BCUT2D eigenvalue weighted by atomic mass is 10.1. The average molecular weight is 239 g/mol. The minimum Gasteiger partial charge on any atom is -0.493 e. The first-order valence-electron chi connectivity index (χ1n) is 5.79. The number of para-hydroxylation sites is 1. The van der Waals surface area contributed by atoms with Gasteiger partial charge in [0.25, 0.3) is 0 Å². The second kappa shape index (κ2) is 7.58. The molecule has 3 heteroatoms. The third-order valence-electron chi connectivity index (χ3n) is 2.55. The molecule has 90 valence electrons. The Morgan fingerprint density at radius 1 is 1.31 bits per heavy atom. The Balaban J connectivity index is 2.14. The van der Waals surface area contributed by atoms with Gasteiger partial charge < -0.3 is 10.5 Å². The molecule has 16 heavy (non-hydrogen) atoms. The van der Waals surface area contributed by atoms with Gasteiger partial charge in [-0.15, -0.1) is 0 Å². The Labute approximate surface area is 104 Å². The summed E-state index contributed by atoms with van der Waals surface area (Å²) in [5, 5.41) is 0. The second-order valence-electron chi connectivity index (χ2n) is 4.05. The first kappa shape index (κ1) is 13.4. The van der Waals surface area contributed by atoms with Crippen LogP contribution in [0.1, 0.15) is 24.8 Å². The molecule has 0 aromatic heterocycles. The van der Waals surface area contributed by atoms with Crippen LogP contribution in [0.3, 0.4) is 0 Å². The molecular weight excluding hydrogens is 218 g/mol. The van der Waals surface area contributed by atoms with Crippen molar-refractivity contribution in [3.8, 4) is 5.75 Å². The number of rotatable bonds is 7. The Morgan fingerprint density at radius 2 is 2.06 bits per heavy atom. The predicted octanol–water partition coefficient (Wildman–Crippen LogP) is 2.80. The van der Waals surface area contributed by atoms with Gasteiger partial charge in [0.15, 0.2) is 0 Å². The van der Waals surface area contributed by atoms with Crippen molar-refractivity contribution in [3.63, 3.8) is 0 Å². The molecule has 1 aromatic rings. The number of hydrogen-bond donors (Lipinski definition) is 2. The van der Waals surface area contributed by atoms with Crippen LogP contribution >= 0.6 is 12.6 Å². The maximum absolute atomic E-state index is 5.77. The van der Waals surface area contributed by atoms with Crippen LogP contribution in [0.15, 0.2) is 24.3 Å². The van der Waals surface area contributed by atoms with Gasteiger partial charge in [-0.2, -0.15) is 12.6 Å². The summed E-state index contributed by atoms with van der Waals surface area (Å²) in [5.41, 5.74) is 6.96. The Hall–Kier alpha value is -0.670. The zero-order valence-electron chi connectivity index (χ0n) is 9.86. The normalized spacial score (nSPS) is 12.4. The standard InChI is InChI=1S/C13H21NOS/c1-11-6-2-3-8-13(11)15-9-5-4-7-12(14)10-16/h2-3,6,8,12,16H,4-5,7,9-10,14H2,1H3/t12-/m0/s1. The van der Waals surface area contributed by atoms with Gasteiger partial charge in [0.2, 0.25) is 0 Å². The average Bonchev–Trinajstić information content (AvgIpc) is 2.30. The van der Waals surface area contributed by atoms with Gasteiger partial charge in [0.05, 0.1) is 6.61 Å². The number of hydrogen-bond acceptors (Lipinski definition) is 3. The van der Waals surface area contributed by atoms with Crippen molar-refractivity contribution >= 4 is 12.6 Å². The topological polar surface area (TPSA) is 35.2 Å². The summed E-state index contributed by atoms with van der Waals surface area (Å²) in [7, 11) is 0. The molecule has 2 nitrogen and oxygen atoms in total. The largest absolute Gasteiger partial charge is 0.493 e. The van der Waals surface area contributed by atoms with Crippen LogP contribution in [0.25, 0.3) is 0 Å². The van der Waals surface area contributed by atoms with Crippen LogP contribution in [0.4, 0.5) is 0 Å². The number of ether oxygens (including phenoxy) is 1. The van der Waals surface area contributed by atoms with Crippen molar-refractivity contribution in [3.05, 3.63) is 29.8 Å². The number of thiol groups is 1. The summed E-state index contributed by atoms with van der Waals surface area (Å²) in [6, 6.07) is 8.32. The van der Waals surface area contributed by atoms with E-state index in [1.165, 1.54) is 5.56 Å². The molecule has 0 aliphatic rings. The molecule has 0 spiro atoms. The fraction of sp³-hybridized carbons (Fsp3) is 0.538. The fourth-order valence-electron chi connectivity index (χ4n) is 1.50. The molecule has 1 atom stereocenters. The van der Waals surface area contributed by atoms with Gasteiger partial charge in [-0.3, -0.25) is 0 Å². The molecule has 1 aromatic carbocycles. The Morgan fingerprint density at radius 3 is 2.75 bits per heavy atom. The molecule has 0 aliphatic heterocycles. The monoisotopic (exact) mass is 239 g/mol. The lowest BCUT2D eigenvalue weighted by Crippen LogP contribution is -2.21. The smallest absolute Gasteiger partial charge is 0.122 e.